The molecule has 0 aromatic carbocycles. The maximum Gasteiger partial charge on any atom is 0.257 e. The fourth-order valence-corrected chi connectivity index (χ4v) is 2.16. The molecule has 1 saturated heterocycles. The number of carbonyl (C=O) groups is 1. The van der Waals surface area contributed by atoms with Gasteiger partial charge in [0.25, 0.3) is 5.91 Å². The number of ether oxygens (including phenoxy) is 1. The van der Waals surface area contributed by atoms with Crippen molar-refractivity contribution in [3.8, 4) is 0 Å². The van der Waals surface area contributed by atoms with Crippen LogP contribution in [0.1, 0.15) is 23.0 Å². The Hall–Kier alpha value is -1.40. The van der Waals surface area contributed by atoms with Gasteiger partial charge in [-0.05, 0) is 13.8 Å². The molecule has 2 atom stereocenters. The molecule has 100 valence electrons. The van der Waals surface area contributed by atoms with Crippen molar-refractivity contribution in [1.29, 1.82) is 0 Å². The minimum absolute atomic E-state index is 0.00884. The van der Waals surface area contributed by atoms with Gasteiger partial charge in [-0.1, -0.05) is 0 Å². The lowest BCUT2D eigenvalue weighted by Crippen LogP contribution is -2.51. The zero-order valence-electron chi connectivity index (χ0n) is 11.1. The van der Waals surface area contributed by atoms with Gasteiger partial charge < -0.3 is 15.4 Å². The summed E-state index contributed by atoms with van der Waals surface area (Å²) in [5.74, 6) is 0.00884. The summed E-state index contributed by atoms with van der Waals surface area (Å²) in [5.41, 5.74) is 7.23. The van der Waals surface area contributed by atoms with E-state index >= 15 is 0 Å². The molecule has 1 aliphatic heterocycles. The summed E-state index contributed by atoms with van der Waals surface area (Å²) in [4.78, 5) is 14.2. The van der Waals surface area contributed by atoms with Crippen LogP contribution >= 0.6 is 0 Å². The maximum absolute atomic E-state index is 12.4. The van der Waals surface area contributed by atoms with E-state index in [2.05, 4.69) is 5.10 Å². The molecule has 2 N–H and O–H groups in total. The van der Waals surface area contributed by atoms with Crippen molar-refractivity contribution in [2.24, 2.45) is 12.8 Å². The van der Waals surface area contributed by atoms with Crippen molar-refractivity contribution in [3.63, 3.8) is 0 Å². The topological polar surface area (TPSA) is 73.4 Å². The minimum atomic E-state index is -0.0836. The van der Waals surface area contributed by atoms with Crippen LogP contribution in [-0.4, -0.2) is 52.4 Å². The van der Waals surface area contributed by atoms with Crippen molar-refractivity contribution in [1.82, 2.24) is 14.7 Å². The second-order valence-electron chi connectivity index (χ2n) is 4.82. The Balaban J connectivity index is 2.11. The van der Waals surface area contributed by atoms with E-state index in [0.29, 0.717) is 25.3 Å². The predicted molar refractivity (Wildman–Crippen MR) is 67.2 cm³/mol. The van der Waals surface area contributed by atoms with E-state index in [9.17, 15) is 4.79 Å². The van der Waals surface area contributed by atoms with Crippen LogP contribution in [0.4, 0.5) is 0 Å². The molecule has 1 aromatic heterocycles. The van der Waals surface area contributed by atoms with Crippen LogP contribution in [0.3, 0.4) is 0 Å². The second-order valence-corrected chi connectivity index (χ2v) is 4.82. The molecule has 1 aliphatic rings. The highest BCUT2D eigenvalue weighted by atomic mass is 16.5. The molecule has 0 bridgehead atoms. The fraction of sp³-hybridized carbons (Fsp3) is 0.667. The average molecular weight is 252 g/mol. The number of carbonyl (C=O) groups excluding carboxylic acids is 1. The zero-order chi connectivity index (χ0) is 13.3. The Labute approximate surface area is 107 Å². The summed E-state index contributed by atoms with van der Waals surface area (Å²) in [6.45, 7) is 5.43. The Bertz CT molecular complexity index is 441. The van der Waals surface area contributed by atoms with Crippen LogP contribution in [-0.2, 0) is 11.8 Å². The molecule has 0 spiro atoms. The number of morpholine rings is 1. The minimum Gasteiger partial charge on any atom is -0.373 e. The van der Waals surface area contributed by atoms with Gasteiger partial charge in [0.2, 0.25) is 0 Å². The largest absolute Gasteiger partial charge is 0.373 e. The van der Waals surface area contributed by atoms with Gasteiger partial charge in [0.1, 0.15) is 0 Å². The number of hydrogen-bond acceptors (Lipinski definition) is 4. The van der Waals surface area contributed by atoms with E-state index in [0.717, 1.165) is 5.69 Å². The Morgan fingerprint density at radius 1 is 1.67 bits per heavy atom. The van der Waals surface area contributed by atoms with Gasteiger partial charge in [-0.15, -0.1) is 0 Å². The number of amides is 1. The van der Waals surface area contributed by atoms with Gasteiger partial charge in [0.05, 0.1) is 24.0 Å². The van der Waals surface area contributed by atoms with Crippen LogP contribution in [0.15, 0.2) is 6.20 Å². The molecule has 6 nitrogen and oxygen atoms in total. The molecule has 1 amide bonds. The van der Waals surface area contributed by atoms with E-state index in [1.165, 1.54) is 0 Å². The summed E-state index contributed by atoms with van der Waals surface area (Å²) >= 11 is 0. The molecule has 18 heavy (non-hydrogen) atoms. The lowest BCUT2D eigenvalue weighted by Gasteiger charge is -2.34. The van der Waals surface area contributed by atoms with Crippen molar-refractivity contribution in [3.05, 3.63) is 17.5 Å². The monoisotopic (exact) mass is 252 g/mol. The Morgan fingerprint density at radius 3 is 2.94 bits per heavy atom. The second kappa shape index (κ2) is 5.07. The van der Waals surface area contributed by atoms with Gasteiger partial charge in [-0.2, -0.15) is 5.10 Å². The number of rotatable bonds is 2. The normalized spacial score (nSPS) is 22.0. The Morgan fingerprint density at radius 2 is 2.39 bits per heavy atom. The summed E-state index contributed by atoms with van der Waals surface area (Å²) in [5, 5.41) is 4.19. The van der Waals surface area contributed by atoms with Gasteiger partial charge in [-0.25, -0.2) is 0 Å². The molecule has 0 aliphatic carbocycles. The Kier molecular flexibility index (Phi) is 3.68. The number of hydrogen-bond donors (Lipinski definition) is 1. The highest BCUT2D eigenvalue weighted by Gasteiger charge is 2.28. The third kappa shape index (κ3) is 2.54. The third-order valence-corrected chi connectivity index (χ3v) is 3.21. The molecular weight excluding hydrogens is 232 g/mol. The van der Waals surface area contributed by atoms with Crippen molar-refractivity contribution in [2.45, 2.75) is 26.0 Å². The van der Waals surface area contributed by atoms with Gasteiger partial charge in [0.15, 0.2) is 0 Å². The third-order valence-electron chi connectivity index (χ3n) is 3.21. The number of aromatic nitrogens is 2. The molecule has 1 aromatic rings. The standard InChI is InChI=1S/C12H20N4O2/c1-8(13)11-7-16(4-5-18-11)12(17)10-6-15(3)14-9(10)2/h6,8,11H,4-5,7,13H2,1-3H3. The number of nitrogens with two attached hydrogens (primary N) is 1. The van der Waals surface area contributed by atoms with Crippen molar-refractivity contribution >= 4 is 5.91 Å². The van der Waals surface area contributed by atoms with E-state index < -0.39 is 0 Å². The zero-order valence-corrected chi connectivity index (χ0v) is 11.1. The SMILES string of the molecule is Cc1nn(C)cc1C(=O)N1CCOC(C(C)N)C1. The van der Waals surface area contributed by atoms with Gasteiger partial charge >= 0.3 is 0 Å². The molecule has 2 heterocycles. The summed E-state index contributed by atoms with van der Waals surface area (Å²) in [7, 11) is 1.81. The highest BCUT2D eigenvalue weighted by molar-refractivity contribution is 5.95. The van der Waals surface area contributed by atoms with E-state index in [-0.39, 0.29) is 18.1 Å². The van der Waals surface area contributed by atoms with Crippen molar-refractivity contribution in [2.75, 3.05) is 19.7 Å². The number of nitrogens with zero attached hydrogens (tertiary/aromatic N) is 3. The lowest BCUT2D eigenvalue weighted by molar-refractivity contribution is -0.0300. The summed E-state index contributed by atoms with van der Waals surface area (Å²) in [6.07, 6.45) is 1.67. The fourth-order valence-electron chi connectivity index (χ4n) is 2.16. The molecule has 6 heteroatoms. The first-order chi connectivity index (χ1) is 8.49. The molecule has 2 unspecified atom stereocenters. The molecule has 0 radical (unpaired) electrons. The van der Waals surface area contributed by atoms with Crippen molar-refractivity contribution < 1.29 is 9.53 Å². The molecular formula is C12H20N4O2. The van der Waals surface area contributed by atoms with Crippen LogP contribution in [0.5, 0.6) is 0 Å². The smallest absolute Gasteiger partial charge is 0.257 e. The van der Waals surface area contributed by atoms with Gasteiger partial charge in [0, 0.05) is 32.4 Å². The summed E-state index contributed by atoms with van der Waals surface area (Å²) in [6, 6.07) is -0.0735. The van der Waals surface area contributed by atoms with Crippen LogP contribution in [0.25, 0.3) is 0 Å². The molecule has 2 rings (SSSR count). The van der Waals surface area contributed by atoms with Crippen LogP contribution < -0.4 is 5.73 Å². The van der Waals surface area contributed by atoms with Crippen LogP contribution in [0.2, 0.25) is 0 Å². The molecule has 1 fully saturated rings. The molecule has 0 saturated carbocycles. The predicted octanol–water partition coefficient (Wildman–Crippen LogP) is -0.0833. The highest BCUT2D eigenvalue weighted by Crippen LogP contribution is 2.14. The first-order valence-electron chi connectivity index (χ1n) is 6.15. The first-order valence-corrected chi connectivity index (χ1v) is 6.15. The quantitative estimate of drug-likeness (QED) is 0.799. The first kappa shape index (κ1) is 13.0. The average Bonchev–Trinajstić information content (AvgIpc) is 2.67. The number of aryl methyl sites for hydroxylation is 2. The summed E-state index contributed by atoms with van der Waals surface area (Å²) < 4.78 is 7.21. The van der Waals surface area contributed by atoms with E-state index in [1.807, 2.05) is 20.9 Å². The van der Waals surface area contributed by atoms with Gasteiger partial charge in [-0.3, -0.25) is 9.48 Å². The van der Waals surface area contributed by atoms with E-state index in [1.54, 1.807) is 15.8 Å². The van der Waals surface area contributed by atoms with Crippen LogP contribution in [0, 0.1) is 6.92 Å². The maximum atomic E-state index is 12.4. The van der Waals surface area contributed by atoms with E-state index in [4.69, 9.17) is 10.5 Å². The lowest BCUT2D eigenvalue weighted by atomic mass is 10.1.